The van der Waals surface area contributed by atoms with E-state index in [1.165, 1.54) is 13.0 Å². The van der Waals surface area contributed by atoms with Crippen LogP contribution in [0.4, 0.5) is 0 Å². The van der Waals surface area contributed by atoms with Crippen LogP contribution in [0.5, 0.6) is 0 Å². The summed E-state index contributed by atoms with van der Waals surface area (Å²) < 4.78 is 5.18. The lowest BCUT2D eigenvalue weighted by molar-refractivity contribution is -0.122. The molecule has 1 N–H and O–H groups in total. The van der Waals surface area contributed by atoms with Gasteiger partial charge in [-0.1, -0.05) is 6.92 Å². The number of rotatable bonds is 6. The molecule has 1 amide bonds. The van der Waals surface area contributed by atoms with E-state index < -0.39 is 0 Å². The van der Waals surface area contributed by atoms with Crippen molar-refractivity contribution in [2.75, 3.05) is 39.3 Å². The first-order valence-corrected chi connectivity index (χ1v) is 7.01. The third kappa shape index (κ3) is 4.69. The van der Waals surface area contributed by atoms with Gasteiger partial charge >= 0.3 is 0 Å². The zero-order valence-corrected chi connectivity index (χ0v) is 11.6. The van der Waals surface area contributed by atoms with Gasteiger partial charge in [0.2, 0.25) is 5.91 Å². The van der Waals surface area contributed by atoms with E-state index in [9.17, 15) is 4.79 Å². The summed E-state index contributed by atoms with van der Waals surface area (Å²) in [7, 11) is 0. The highest BCUT2D eigenvalue weighted by Crippen LogP contribution is 2.02. The van der Waals surface area contributed by atoms with E-state index >= 15 is 0 Å². The molecule has 0 unspecified atom stereocenters. The maximum Gasteiger partial charge on any atom is 0.234 e. The first-order chi connectivity index (χ1) is 9.28. The number of nitrogens with one attached hydrogen (secondary N) is 1. The van der Waals surface area contributed by atoms with Crippen molar-refractivity contribution in [2.24, 2.45) is 0 Å². The molecule has 0 radical (unpaired) electrons. The molecule has 5 nitrogen and oxygen atoms in total. The normalized spacial score (nSPS) is 17.5. The van der Waals surface area contributed by atoms with Gasteiger partial charge in [-0.2, -0.15) is 0 Å². The maximum absolute atomic E-state index is 11.8. The fourth-order valence-corrected chi connectivity index (χ4v) is 2.35. The second kappa shape index (κ2) is 7.31. The van der Waals surface area contributed by atoms with Crippen LogP contribution in [0.1, 0.15) is 19.1 Å². The molecule has 0 bridgehead atoms. The summed E-state index contributed by atoms with van der Waals surface area (Å²) >= 11 is 0. The van der Waals surface area contributed by atoms with E-state index in [-0.39, 0.29) is 5.91 Å². The first kappa shape index (κ1) is 14.1. The number of carbonyl (C=O) groups excluding carboxylic acids is 1. The molecule has 1 aromatic rings. The van der Waals surface area contributed by atoms with Gasteiger partial charge in [0.25, 0.3) is 0 Å². The summed E-state index contributed by atoms with van der Waals surface area (Å²) in [5.74, 6) is 0.862. The molecule has 0 spiro atoms. The lowest BCUT2D eigenvalue weighted by Gasteiger charge is -2.34. The van der Waals surface area contributed by atoms with E-state index in [4.69, 9.17) is 4.42 Å². The lowest BCUT2D eigenvalue weighted by atomic mass is 10.3. The number of nitrogens with zero attached hydrogens (tertiary/aromatic N) is 2. The molecule has 2 heterocycles. The average Bonchev–Trinajstić information content (AvgIpc) is 2.92. The highest BCUT2D eigenvalue weighted by Gasteiger charge is 2.18. The van der Waals surface area contributed by atoms with Gasteiger partial charge in [0, 0.05) is 26.2 Å². The van der Waals surface area contributed by atoms with Crippen LogP contribution in [-0.4, -0.2) is 55.0 Å². The molecule has 0 atom stereocenters. The largest absolute Gasteiger partial charge is 0.467 e. The Hall–Kier alpha value is -1.33. The van der Waals surface area contributed by atoms with E-state index in [1.54, 1.807) is 6.26 Å². The van der Waals surface area contributed by atoms with Crippen LogP contribution in [-0.2, 0) is 11.3 Å². The van der Waals surface area contributed by atoms with Gasteiger partial charge in [-0.25, -0.2) is 0 Å². The fourth-order valence-electron chi connectivity index (χ4n) is 2.35. The minimum atomic E-state index is 0.0698. The van der Waals surface area contributed by atoms with E-state index in [1.807, 2.05) is 12.1 Å². The van der Waals surface area contributed by atoms with Crippen molar-refractivity contribution < 1.29 is 9.21 Å². The molecule has 1 aliphatic rings. The van der Waals surface area contributed by atoms with E-state index in [0.717, 1.165) is 31.9 Å². The molecule has 19 heavy (non-hydrogen) atoms. The number of hydrogen-bond acceptors (Lipinski definition) is 4. The number of carbonyl (C=O) groups is 1. The van der Waals surface area contributed by atoms with E-state index in [0.29, 0.717) is 13.1 Å². The van der Waals surface area contributed by atoms with Crippen molar-refractivity contribution in [3.8, 4) is 0 Å². The van der Waals surface area contributed by atoms with Crippen LogP contribution < -0.4 is 5.32 Å². The van der Waals surface area contributed by atoms with Crippen molar-refractivity contribution in [3.63, 3.8) is 0 Å². The molecule has 0 aliphatic carbocycles. The summed E-state index contributed by atoms with van der Waals surface area (Å²) in [6, 6.07) is 3.69. The average molecular weight is 265 g/mol. The third-order valence-corrected chi connectivity index (χ3v) is 3.41. The van der Waals surface area contributed by atoms with Gasteiger partial charge in [-0.3, -0.25) is 9.69 Å². The van der Waals surface area contributed by atoms with Gasteiger partial charge in [-0.15, -0.1) is 0 Å². The molecule has 106 valence electrons. The molecule has 0 aromatic carbocycles. The zero-order valence-electron chi connectivity index (χ0n) is 11.6. The number of furan rings is 1. The molecule has 0 saturated carbocycles. The van der Waals surface area contributed by atoms with Crippen LogP contribution in [0.25, 0.3) is 0 Å². The molecule has 1 aromatic heterocycles. The summed E-state index contributed by atoms with van der Waals surface area (Å²) in [5, 5.41) is 2.88. The van der Waals surface area contributed by atoms with Crippen LogP contribution in [0.2, 0.25) is 0 Å². The molecule has 5 heteroatoms. The predicted molar refractivity (Wildman–Crippen MR) is 73.7 cm³/mol. The van der Waals surface area contributed by atoms with Gasteiger partial charge < -0.3 is 14.6 Å². The first-order valence-electron chi connectivity index (χ1n) is 7.01. The highest BCUT2D eigenvalue weighted by atomic mass is 16.3. The van der Waals surface area contributed by atoms with Crippen molar-refractivity contribution in [1.29, 1.82) is 0 Å². The summed E-state index contributed by atoms with van der Waals surface area (Å²) in [6.07, 6.45) is 2.82. The van der Waals surface area contributed by atoms with Gasteiger partial charge in [-0.05, 0) is 25.1 Å². The second-order valence-corrected chi connectivity index (χ2v) is 4.97. The predicted octanol–water partition coefficient (Wildman–Crippen LogP) is 0.923. The Morgan fingerprint density at radius 3 is 2.68 bits per heavy atom. The molecule has 2 rings (SSSR count). The Morgan fingerprint density at radius 2 is 2.05 bits per heavy atom. The standard InChI is InChI=1S/C14H23N3O2/c1-2-5-16-6-8-17(9-7-16)12-14(18)15-11-13-4-3-10-19-13/h3-4,10H,2,5-9,11-12H2,1H3,(H,15,18). The van der Waals surface area contributed by atoms with Crippen molar-refractivity contribution in [3.05, 3.63) is 24.2 Å². The van der Waals surface area contributed by atoms with Crippen LogP contribution >= 0.6 is 0 Å². The number of amides is 1. The monoisotopic (exact) mass is 265 g/mol. The molecule has 1 aliphatic heterocycles. The second-order valence-electron chi connectivity index (χ2n) is 4.97. The zero-order chi connectivity index (χ0) is 13.5. The maximum atomic E-state index is 11.8. The highest BCUT2D eigenvalue weighted by molar-refractivity contribution is 5.77. The minimum Gasteiger partial charge on any atom is -0.467 e. The minimum absolute atomic E-state index is 0.0698. The van der Waals surface area contributed by atoms with Gasteiger partial charge in [0.15, 0.2) is 0 Å². The summed E-state index contributed by atoms with van der Waals surface area (Å²) in [4.78, 5) is 16.5. The van der Waals surface area contributed by atoms with Gasteiger partial charge in [0.1, 0.15) is 5.76 Å². The summed E-state index contributed by atoms with van der Waals surface area (Å²) in [5.41, 5.74) is 0. The lowest BCUT2D eigenvalue weighted by Crippen LogP contribution is -2.49. The molecular weight excluding hydrogens is 242 g/mol. The summed E-state index contributed by atoms with van der Waals surface area (Å²) in [6.45, 7) is 8.43. The Morgan fingerprint density at radius 1 is 1.32 bits per heavy atom. The van der Waals surface area contributed by atoms with Crippen LogP contribution in [0.15, 0.2) is 22.8 Å². The Labute approximate surface area is 114 Å². The Kier molecular flexibility index (Phi) is 5.42. The molecule has 1 fully saturated rings. The fraction of sp³-hybridized carbons (Fsp3) is 0.643. The Balaban J connectivity index is 1.63. The number of hydrogen-bond donors (Lipinski definition) is 1. The number of piperazine rings is 1. The molecule has 1 saturated heterocycles. The Bertz CT molecular complexity index is 370. The third-order valence-electron chi connectivity index (χ3n) is 3.41. The van der Waals surface area contributed by atoms with E-state index in [2.05, 4.69) is 22.0 Å². The smallest absolute Gasteiger partial charge is 0.234 e. The van der Waals surface area contributed by atoms with Gasteiger partial charge in [0.05, 0.1) is 19.4 Å². The molecular formula is C14H23N3O2. The topological polar surface area (TPSA) is 48.7 Å². The van der Waals surface area contributed by atoms with Crippen molar-refractivity contribution >= 4 is 5.91 Å². The van der Waals surface area contributed by atoms with Crippen LogP contribution in [0.3, 0.4) is 0 Å². The quantitative estimate of drug-likeness (QED) is 0.831. The van der Waals surface area contributed by atoms with Crippen LogP contribution in [0, 0.1) is 0 Å². The van der Waals surface area contributed by atoms with Crippen molar-refractivity contribution in [1.82, 2.24) is 15.1 Å². The SMILES string of the molecule is CCCN1CCN(CC(=O)NCc2ccco2)CC1. The van der Waals surface area contributed by atoms with Crippen molar-refractivity contribution in [2.45, 2.75) is 19.9 Å².